The number of aryl methyl sites for hydroxylation is 1. The van der Waals surface area contributed by atoms with Gasteiger partial charge in [-0.3, -0.25) is 14.5 Å². The molecule has 0 bridgehead atoms. The van der Waals surface area contributed by atoms with Gasteiger partial charge in [-0.05, 0) is 33.2 Å². The summed E-state index contributed by atoms with van der Waals surface area (Å²) >= 11 is 0. The first-order valence-corrected chi connectivity index (χ1v) is 7.03. The van der Waals surface area contributed by atoms with Gasteiger partial charge in [0.15, 0.2) is 5.82 Å². The number of anilines is 1. The highest BCUT2D eigenvalue weighted by Crippen LogP contribution is 2.30. The second kappa shape index (κ2) is 5.85. The Morgan fingerprint density at radius 2 is 2.24 bits per heavy atom. The summed E-state index contributed by atoms with van der Waals surface area (Å²) in [4.78, 5) is 28.0. The molecule has 1 aromatic rings. The summed E-state index contributed by atoms with van der Waals surface area (Å²) in [5.74, 6) is 0.879. The molecule has 0 saturated carbocycles. The molecule has 1 unspecified atom stereocenters. The summed E-state index contributed by atoms with van der Waals surface area (Å²) in [7, 11) is 3.48. The molecule has 1 atom stereocenters. The number of hydrogen-bond acceptors (Lipinski definition) is 5. The van der Waals surface area contributed by atoms with Gasteiger partial charge in [-0.25, -0.2) is 0 Å². The minimum atomic E-state index is -0.611. The van der Waals surface area contributed by atoms with Crippen LogP contribution in [0.4, 0.5) is 5.82 Å². The molecule has 0 radical (unpaired) electrons. The molecule has 116 valence electrons. The number of carbonyl (C=O) groups excluding carboxylic acids is 2. The maximum Gasteiger partial charge on any atom is 0.242 e. The zero-order valence-corrected chi connectivity index (χ0v) is 13.0. The number of likely N-dealkylation sites (N-methyl/N-ethyl adjacent to an activating group) is 1. The van der Waals surface area contributed by atoms with Crippen LogP contribution >= 0.6 is 0 Å². The average molecular weight is 294 g/mol. The molecule has 1 aliphatic heterocycles. The Hall–Kier alpha value is -1.89. The van der Waals surface area contributed by atoms with Crippen molar-refractivity contribution in [2.24, 2.45) is 0 Å². The normalized spacial score (nSPS) is 22.3. The van der Waals surface area contributed by atoms with Gasteiger partial charge in [0.2, 0.25) is 11.8 Å². The van der Waals surface area contributed by atoms with E-state index < -0.39 is 5.54 Å². The number of hydrogen-bond donors (Lipinski definition) is 1. The van der Waals surface area contributed by atoms with Gasteiger partial charge >= 0.3 is 0 Å². The van der Waals surface area contributed by atoms with Crippen LogP contribution in [0, 0.1) is 6.92 Å². The van der Waals surface area contributed by atoms with Crippen molar-refractivity contribution in [2.75, 3.05) is 32.5 Å². The van der Waals surface area contributed by atoms with Crippen molar-refractivity contribution >= 4 is 17.6 Å². The van der Waals surface area contributed by atoms with Gasteiger partial charge in [0.1, 0.15) is 5.76 Å². The smallest absolute Gasteiger partial charge is 0.242 e. The van der Waals surface area contributed by atoms with E-state index in [0.29, 0.717) is 11.6 Å². The van der Waals surface area contributed by atoms with E-state index in [2.05, 4.69) is 10.5 Å². The van der Waals surface area contributed by atoms with Gasteiger partial charge in [0.05, 0.1) is 12.1 Å². The van der Waals surface area contributed by atoms with Crippen molar-refractivity contribution in [3.63, 3.8) is 0 Å². The number of rotatable bonds is 4. The Morgan fingerprint density at radius 1 is 1.52 bits per heavy atom. The highest BCUT2D eigenvalue weighted by Gasteiger charge is 2.44. The lowest BCUT2D eigenvalue weighted by atomic mass is 9.97. The molecule has 2 amide bonds. The third-order valence-corrected chi connectivity index (χ3v) is 3.89. The molecule has 0 spiro atoms. The lowest BCUT2D eigenvalue weighted by molar-refractivity contribution is -0.140. The van der Waals surface area contributed by atoms with E-state index in [1.54, 1.807) is 32.0 Å². The van der Waals surface area contributed by atoms with Crippen LogP contribution in [0.1, 0.15) is 25.5 Å². The second-order valence-electron chi connectivity index (χ2n) is 5.87. The zero-order chi connectivity index (χ0) is 15.6. The van der Waals surface area contributed by atoms with Crippen molar-refractivity contribution in [2.45, 2.75) is 32.2 Å². The quantitative estimate of drug-likeness (QED) is 0.891. The number of amides is 2. The third kappa shape index (κ3) is 3.24. The summed E-state index contributed by atoms with van der Waals surface area (Å²) in [6.07, 6.45) is 1.67. The van der Waals surface area contributed by atoms with Crippen LogP contribution < -0.4 is 5.32 Å². The third-order valence-electron chi connectivity index (χ3n) is 3.89. The molecule has 7 heteroatoms. The van der Waals surface area contributed by atoms with Crippen LogP contribution in [-0.4, -0.2) is 59.5 Å². The van der Waals surface area contributed by atoms with Crippen LogP contribution in [-0.2, 0) is 9.59 Å². The van der Waals surface area contributed by atoms with Gasteiger partial charge in [0.25, 0.3) is 0 Å². The minimum Gasteiger partial charge on any atom is -0.360 e. The first-order chi connectivity index (χ1) is 9.83. The van der Waals surface area contributed by atoms with Gasteiger partial charge < -0.3 is 14.7 Å². The van der Waals surface area contributed by atoms with Crippen LogP contribution in [0.15, 0.2) is 10.6 Å². The Balaban J connectivity index is 2.01. The fraction of sp³-hybridized carbons (Fsp3) is 0.643. The molecule has 2 heterocycles. The maximum atomic E-state index is 12.3. The van der Waals surface area contributed by atoms with Crippen molar-refractivity contribution in [1.82, 2.24) is 15.0 Å². The molecule has 1 N–H and O–H groups in total. The summed E-state index contributed by atoms with van der Waals surface area (Å²) in [5, 5.41) is 6.41. The van der Waals surface area contributed by atoms with E-state index in [0.717, 1.165) is 19.4 Å². The van der Waals surface area contributed by atoms with E-state index in [-0.39, 0.29) is 18.4 Å². The molecular formula is C14H22N4O3. The molecule has 7 nitrogen and oxygen atoms in total. The van der Waals surface area contributed by atoms with Crippen molar-refractivity contribution in [1.29, 1.82) is 0 Å². The Bertz CT molecular complexity index is 540. The Morgan fingerprint density at radius 3 is 2.81 bits per heavy atom. The summed E-state index contributed by atoms with van der Waals surface area (Å²) < 4.78 is 4.91. The largest absolute Gasteiger partial charge is 0.360 e. The standard InChI is InChI=1S/C14H22N4O3/c1-10-8-11(16-21-10)15-12(19)9-18-7-5-6-14(18,2)13(20)17(3)4/h8H,5-7,9H2,1-4H3,(H,15,16,19). The number of aromatic nitrogens is 1. The second-order valence-corrected chi connectivity index (χ2v) is 5.87. The molecule has 0 aliphatic carbocycles. The molecule has 0 aromatic carbocycles. The topological polar surface area (TPSA) is 78.7 Å². The van der Waals surface area contributed by atoms with Gasteiger partial charge in [-0.2, -0.15) is 0 Å². The summed E-state index contributed by atoms with van der Waals surface area (Å²) in [6, 6.07) is 1.66. The van der Waals surface area contributed by atoms with E-state index in [1.807, 2.05) is 11.8 Å². The van der Waals surface area contributed by atoms with E-state index >= 15 is 0 Å². The number of nitrogens with one attached hydrogen (secondary N) is 1. The average Bonchev–Trinajstić information content (AvgIpc) is 2.96. The van der Waals surface area contributed by atoms with Crippen LogP contribution in [0.2, 0.25) is 0 Å². The minimum absolute atomic E-state index is 0.0325. The molecular weight excluding hydrogens is 272 g/mol. The molecule has 1 fully saturated rings. The number of likely N-dealkylation sites (tertiary alicyclic amines) is 1. The van der Waals surface area contributed by atoms with Crippen LogP contribution in [0.3, 0.4) is 0 Å². The molecule has 2 rings (SSSR count). The van der Waals surface area contributed by atoms with Crippen LogP contribution in [0.25, 0.3) is 0 Å². The molecule has 1 aliphatic rings. The van der Waals surface area contributed by atoms with Crippen LogP contribution in [0.5, 0.6) is 0 Å². The number of carbonyl (C=O) groups is 2. The van der Waals surface area contributed by atoms with Crippen molar-refractivity contribution < 1.29 is 14.1 Å². The van der Waals surface area contributed by atoms with Gasteiger partial charge in [-0.15, -0.1) is 0 Å². The molecule has 21 heavy (non-hydrogen) atoms. The molecule has 1 saturated heterocycles. The highest BCUT2D eigenvalue weighted by atomic mass is 16.5. The maximum absolute atomic E-state index is 12.3. The monoisotopic (exact) mass is 294 g/mol. The van der Waals surface area contributed by atoms with E-state index in [1.165, 1.54) is 0 Å². The van der Waals surface area contributed by atoms with Gasteiger partial charge in [0, 0.05) is 20.2 Å². The first kappa shape index (κ1) is 15.5. The lowest BCUT2D eigenvalue weighted by Gasteiger charge is -2.35. The fourth-order valence-electron chi connectivity index (χ4n) is 2.78. The predicted octanol–water partition coefficient (Wildman–Crippen LogP) is 0.864. The number of nitrogens with zero attached hydrogens (tertiary/aromatic N) is 3. The Labute approximate surface area is 124 Å². The predicted molar refractivity (Wildman–Crippen MR) is 77.8 cm³/mol. The fourth-order valence-corrected chi connectivity index (χ4v) is 2.78. The first-order valence-electron chi connectivity index (χ1n) is 7.03. The Kier molecular flexibility index (Phi) is 4.32. The van der Waals surface area contributed by atoms with Crippen molar-refractivity contribution in [3.8, 4) is 0 Å². The van der Waals surface area contributed by atoms with E-state index in [4.69, 9.17) is 4.52 Å². The summed E-state index contributed by atoms with van der Waals surface area (Å²) in [5.41, 5.74) is -0.611. The molecule has 1 aromatic heterocycles. The van der Waals surface area contributed by atoms with E-state index in [9.17, 15) is 9.59 Å². The highest BCUT2D eigenvalue weighted by molar-refractivity contribution is 5.92. The SMILES string of the molecule is Cc1cc(NC(=O)CN2CCCC2(C)C(=O)N(C)C)no1. The van der Waals surface area contributed by atoms with Crippen molar-refractivity contribution in [3.05, 3.63) is 11.8 Å². The summed E-state index contributed by atoms with van der Waals surface area (Å²) in [6.45, 7) is 4.56. The van der Waals surface area contributed by atoms with Gasteiger partial charge in [-0.1, -0.05) is 5.16 Å². The zero-order valence-electron chi connectivity index (χ0n) is 13.0. The lowest BCUT2D eigenvalue weighted by Crippen LogP contribution is -2.54.